The summed E-state index contributed by atoms with van der Waals surface area (Å²) in [4.78, 5) is 28.9. The first kappa shape index (κ1) is 16.7. The van der Waals surface area contributed by atoms with E-state index >= 15 is 0 Å². The average Bonchev–Trinajstić information content (AvgIpc) is 3.09. The lowest BCUT2D eigenvalue weighted by Gasteiger charge is -2.15. The number of thioether (sulfide) groups is 1. The van der Waals surface area contributed by atoms with Gasteiger partial charge in [-0.05, 0) is 0 Å². The molecule has 2 N–H and O–H groups in total. The molecule has 0 bridgehead atoms. The van der Waals surface area contributed by atoms with Crippen molar-refractivity contribution in [1.82, 2.24) is 29.6 Å². The summed E-state index contributed by atoms with van der Waals surface area (Å²) in [6, 6.07) is 0. The first-order valence-electron chi connectivity index (χ1n) is 5.85. The van der Waals surface area contributed by atoms with Gasteiger partial charge in [0.25, 0.3) is 6.47 Å². The molecule has 9 nitrogen and oxygen atoms in total. The minimum Gasteiger partial charge on any atom is -0.483 e. The molecule has 0 radical (unpaired) electrons. The summed E-state index contributed by atoms with van der Waals surface area (Å²) in [6.45, 7) is 0.227. The fraction of sp³-hybridized carbons (Fsp3) is 0.364. The number of hydrogen-bond acceptors (Lipinski definition) is 6. The number of nitrogens with one attached hydrogen (secondary N) is 1. The standard InChI is InChI=1S/C10H14N6OS.CH2O2/c1-15(5-8-11-3-4-12-8)9(17)6-18-10-14-13-7-16(10)2;2-1-3/h3-4,7H,5-6H2,1-2H3,(H,11,12);1H,(H,2,3). The van der Waals surface area contributed by atoms with Crippen LogP contribution >= 0.6 is 11.8 Å². The molecule has 0 unspecified atom stereocenters. The quantitative estimate of drug-likeness (QED) is 0.589. The number of amides is 1. The Morgan fingerprint density at radius 1 is 1.62 bits per heavy atom. The largest absolute Gasteiger partial charge is 0.483 e. The van der Waals surface area contributed by atoms with Crippen LogP contribution in [-0.2, 0) is 23.2 Å². The molecule has 2 heterocycles. The Hall–Kier alpha value is -2.36. The van der Waals surface area contributed by atoms with Crippen molar-refractivity contribution >= 4 is 24.1 Å². The van der Waals surface area contributed by atoms with Crippen molar-refractivity contribution in [1.29, 1.82) is 0 Å². The Balaban J connectivity index is 0.000000677. The van der Waals surface area contributed by atoms with E-state index in [1.807, 2.05) is 7.05 Å². The van der Waals surface area contributed by atoms with Crippen molar-refractivity contribution in [3.05, 3.63) is 24.5 Å². The summed E-state index contributed by atoms with van der Waals surface area (Å²) >= 11 is 1.37. The van der Waals surface area contributed by atoms with Gasteiger partial charge in [0.2, 0.25) is 5.91 Å². The molecule has 21 heavy (non-hydrogen) atoms. The summed E-state index contributed by atoms with van der Waals surface area (Å²) in [6.07, 6.45) is 5.02. The van der Waals surface area contributed by atoms with Crippen molar-refractivity contribution in [2.45, 2.75) is 11.7 Å². The smallest absolute Gasteiger partial charge is 0.290 e. The Kier molecular flexibility index (Phi) is 6.95. The molecule has 0 spiro atoms. The zero-order valence-corrected chi connectivity index (χ0v) is 12.4. The van der Waals surface area contributed by atoms with Crippen LogP contribution in [0.15, 0.2) is 23.9 Å². The third kappa shape index (κ3) is 5.65. The number of carbonyl (C=O) groups is 2. The molecule has 0 saturated carbocycles. The molecule has 0 aliphatic rings. The Morgan fingerprint density at radius 2 is 2.33 bits per heavy atom. The molecule has 2 aromatic rings. The van der Waals surface area contributed by atoms with Gasteiger partial charge in [0, 0.05) is 26.5 Å². The highest BCUT2D eigenvalue weighted by atomic mass is 32.2. The van der Waals surface area contributed by atoms with Gasteiger partial charge in [-0.3, -0.25) is 9.59 Å². The topological polar surface area (TPSA) is 117 Å². The molecule has 0 fully saturated rings. The zero-order chi connectivity index (χ0) is 15.7. The summed E-state index contributed by atoms with van der Waals surface area (Å²) < 4.78 is 1.78. The Labute approximate surface area is 125 Å². The highest BCUT2D eigenvalue weighted by Crippen LogP contribution is 2.13. The van der Waals surface area contributed by atoms with E-state index in [1.54, 1.807) is 35.2 Å². The molecule has 0 aliphatic carbocycles. The van der Waals surface area contributed by atoms with E-state index in [-0.39, 0.29) is 12.4 Å². The van der Waals surface area contributed by atoms with Crippen LogP contribution in [0, 0.1) is 0 Å². The number of hydrogen-bond donors (Lipinski definition) is 2. The van der Waals surface area contributed by atoms with Gasteiger partial charge in [-0.15, -0.1) is 10.2 Å². The van der Waals surface area contributed by atoms with Crippen LogP contribution in [0.4, 0.5) is 0 Å². The van der Waals surface area contributed by atoms with Crippen molar-refractivity contribution in [3.8, 4) is 0 Å². The minimum atomic E-state index is -0.250. The van der Waals surface area contributed by atoms with Gasteiger partial charge in [-0.2, -0.15) is 0 Å². The number of H-pyrrole nitrogens is 1. The van der Waals surface area contributed by atoms with Crippen LogP contribution in [0.2, 0.25) is 0 Å². The molecule has 114 valence electrons. The number of aromatic nitrogens is 5. The number of aromatic amines is 1. The summed E-state index contributed by atoms with van der Waals surface area (Å²) in [5.74, 6) is 1.14. The van der Waals surface area contributed by atoms with E-state index in [2.05, 4.69) is 20.2 Å². The third-order valence-electron chi connectivity index (χ3n) is 2.36. The van der Waals surface area contributed by atoms with Gasteiger partial charge in [-0.1, -0.05) is 11.8 Å². The van der Waals surface area contributed by atoms with Gasteiger partial charge < -0.3 is 19.6 Å². The maximum Gasteiger partial charge on any atom is 0.290 e. The van der Waals surface area contributed by atoms with Crippen molar-refractivity contribution in [2.75, 3.05) is 12.8 Å². The molecule has 10 heteroatoms. The van der Waals surface area contributed by atoms with E-state index in [0.717, 1.165) is 11.0 Å². The molecule has 1 amide bonds. The summed E-state index contributed by atoms with van der Waals surface area (Å²) in [5, 5.41) is 15.3. The second-order valence-corrected chi connectivity index (χ2v) is 4.85. The summed E-state index contributed by atoms with van der Waals surface area (Å²) in [5.41, 5.74) is 0. The van der Waals surface area contributed by atoms with E-state index in [4.69, 9.17) is 9.90 Å². The SMILES string of the molecule is CN(Cc1ncc[nH]1)C(=O)CSc1nncn1C.O=CO. The van der Waals surface area contributed by atoms with E-state index in [0.29, 0.717) is 12.3 Å². The second kappa shape index (κ2) is 8.74. The van der Waals surface area contributed by atoms with Gasteiger partial charge >= 0.3 is 0 Å². The number of carbonyl (C=O) groups excluding carboxylic acids is 1. The van der Waals surface area contributed by atoms with E-state index in [9.17, 15) is 4.79 Å². The van der Waals surface area contributed by atoms with Crippen LogP contribution in [0.5, 0.6) is 0 Å². The number of carboxylic acid groups (broad SMARTS) is 1. The molecular weight excluding hydrogens is 296 g/mol. The van der Waals surface area contributed by atoms with Crippen molar-refractivity contribution < 1.29 is 14.7 Å². The molecule has 0 saturated heterocycles. The summed E-state index contributed by atoms with van der Waals surface area (Å²) in [7, 11) is 3.60. The predicted molar refractivity (Wildman–Crippen MR) is 75.5 cm³/mol. The maximum atomic E-state index is 11.9. The average molecular weight is 312 g/mol. The maximum absolute atomic E-state index is 11.9. The third-order valence-corrected chi connectivity index (χ3v) is 3.38. The highest BCUT2D eigenvalue weighted by Gasteiger charge is 2.12. The first-order chi connectivity index (χ1) is 10.1. The highest BCUT2D eigenvalue weighted by molar-refractivity contribution is 7.99. The van der Waals surface area contributed by atoms with Crippen molar-refractivity contribution in [2.24, 2.45) is 7.05 Å². The molecule has 0 aliphatic heterocycles. The van der Waals surface area contributed by atoms with Gasteiger partial charge in [-0.25, -0.2) is 4.98 Å². The fourth-order valence-electron chi connectivity index (χ4n) is 1.34. The van der Waals surface area contributed by atoms with Gasteiger partial charge in [0.1, 0.15) is 12.2 Å². The van der Waals surface area contributed by atoms with E-state index < -0.39 is 0 Å². The van der Waals surface area contributed by atoms with Crippen LogP contribution in [0.3, 0.4) is 0 Å². The van der Waals surface area contributed by atoms with Gasteiger partial charge in [0.05, 0.1) is 12.3 Å². The number of aryl methyl sites for hydroxylation is 1. The fourth-order valence-corrected chi connectivity index (χ4v) is 2.17. The number of nitrogens with zero attached hydrogens (tertiary/aromatic N) is 5. The molecule has 2 rings (SSSR count). The van der Waals surface area contributed by atoms with E-state index in [1.165, 1.54) is 11.8 Å². The molecular formula is C11H16N6O3S. The Bertz CT molecular complexity index is 556. The monoisotopic (exact) mass is 312 g/mol. The first-order valence-corrected chi connectivity index (χ1v) is 6.84. The number of imidazole rings is 1. The normalized spacial score (nSPS) is 9.62. The van der Waals surface area contributed by atoms with Crippen LogP contribution in [0.1, 0.15) is 5.82 Å². The van der Waals surface area contributed by atoms with Crippen LogP contribution in [-0.4, -0.2) is 59.9 Å². The zero-order valence-electron chi connectivity index (χ0n) is 11.6. The lowest BCUT2D eigenvalue weighted by molar-refractivity contribution is -0.127. The second-order valence-electron chi connectivity index (χ2n) is 3.90. The Morgan fingerprint density at radius 3 is 2.86 bits per heavy atom. The lowest BCUT2D eigenvalue weighted by Crippen LogP contribution is -2.28. The molecule has 0 atom stereocenters. The lowest BCUT2D eigenvalue weighted by atomic mass is 10.5. The predicted octanol–water partition coefficient (Wildman–Crippen LogP) is -0.0103. The van der Waals surface area contributed by atoms with Crippen LogP contribution < -0.4 is 0 Å². The van der Waals surface area contributed by atoms with Gasteiger partial charge in [0.15, 0.2) is 5.16 Å². The molecule has 2 aromatic heterocycles. The molecule has 0 aromatic carbocycles. The van der Waals surface area contributed by atoms with Crippen LogP contribution in [0.25, 0.3) is 0 Å². The van der Waals surface area contributed by atoms with Crippen molar-refractivity contribution in [3.63, 3.8) is 0 Å². The minimum absolute atomic E-state index is 0.0272. The number of rotatable bonds is 5.